The number of amides is 1. The summed E-state index contributed by atoms with van der Waals surface area (Å²) in [5, 5.41) is 1.22. The van der Waals surface area contributed by atoms with Crippen LogP contribution in [0.2, 0.25) is 0 Å². The van der Waals surface area contributed by atoms with Crippen molar-refractivity contribution in [2.45, 2.75) is 12.3 Å². The van der Waals surface area contributed by atoms with E-state index in [1.54, 1.807) is 6.92 Å². The fourth-order valence-corrected chi connectivity index (χ4v) is 1.37. The van der Waals surface area contributed by atoms with E-state index in [2.05, 4.69) is 5.32 Å². The van der Waals surface area contributed by atoms with Crippen LogP contribution in [0.1, 0.15) is 17.9 Å². The standard InChI is InChI=1S/C10H10ClF2NO/c1-2-14-10(15)8(11)6-4-3-5-7(12)9(6)13/h3-5,8H,2H2,1H3,(H,14,15). The molecule has 0 spiro atoms. The first kappa shape index (κ1) is 11.9. The average molecular weight is 234 g/mol. The van der Waals surface area contributed by atoms with E-state index in [-0.39, 0.29) is 5.56 Å². The van der Waals surface area contributed by atoms with Crippen molar-refractivity contribution in [3.63, 3.8) is 0 Å². The van der Waals surface area contributed by atoms with Crippen LogP contribution < -0.4 is 5.32 Å². The highest BCUT2D eigenvalue weighted by Crippen LogP contribution is 2.24. The lowest BCUT2D eigenvalue weighted by atomic mass is 10.1. The maximum atomic E-state index is 13.2. The van der Waals surface area contributed by atoms with Gasteiger partial charge in [-0.2, -0.15) is 0 Å². The summed E-state index contributed by atoms with van der Waals surface area (Å²) in [5.41, 5.74) is -0.150. The van der Waals surface area contributed by atoms with Crippen LogP contribution in [0.5, 0.6) is 0 Å². The van der Waals surface area contributed by atoms with E-state index in [4.69, 9.17) is 11.6 Å². The first-order valence-electron chi connectivity index (χ1n) is 4.43. The summed E-state index contributed by atoms with van der Waals surface area (Å²) >= 11 is 5.69. The van der Waals surface area contributed by atoms with Crippen molar-refractivity contribution in [3.8, 4) is 0 Å². The molecule has 0 saturated carbocycles. The van der Waals surface area contributed by atoms with Gasteiger partial charge in [-0.25, -0.2) is 8.78 Å². The van der Waals surface area contributed by atoms with Crippen LogP contribution in [0, 0.1) is 11.6 Å². The maximum Gasteiger partial charge on any atom is 0.242 e. The Balaban J connectivity index is 2.96. The van der Waals surface area contributed by atoms with Crippen molar-refractivity contribution in [2.24, 2.45) is 0 Å². The molecular weight excluding hydrogens is 224 g/mol. The summed E-state index contributed by atoms with van der Waals surface area (Å²) in [7, 11) is 0. The van der Waals surface area contributed by atoms with Crippen LogP contribution in [-0.4, -0.2) is 12.5 Å². The Bertz CT molecular complexity index is 370. The lowest BCUT2D eigenvalue weighted by molar-refractivity contribution is -0.120. The number of nitrogens with one attached hydrogen (secondary N) is 1. The Morgan fingerprint density at radius 1 is 1.53 bits per heavy atom. The largest absolute Gasteiger partial charge is 0.355 e. The molecule has 5 heteroatoms. The van der Waals surface area contributed by atoms with Gasteiger partial charge in [0.1, 0.15) is 5.38 Å². The smallest absolute Gasteiger partial charge is 0.242 e. The number of hydrogen-bond donors (Lipinski definition) is 1. The van der Waals surface area contributed by atoms with Gasteiger partial charge in [0.15, 0.2) is 11.6 Å². The minimum Gasteiger partial charge on any atom is -0.355 e. The summed E-state index contributed by atoms with van der Waals surface area (Å²) in [5.74, 6) is -2.63. The molecule has 0 aliphatic rings. The number of carbonyl (C=O) groups excluding carboxylic acids is 1. The number of likely N-dealkylation sites (N-methyl/N-ethyl adjacent to an activating group) is 1. The molecule has 0 saturated heterocycles. The fraction of sp³-hybridized carbons (Fsp3) is 0.300. The third-order valence-corrected chi connectivity index (χ3v) is 2.27. The van der Waals surface area contributed by atoms with E-state index < -0.39 is 22.9 Å². The van der Waals surface area contributed by atoms with Crippen LogP contribution >= 0.6 is 11.6 Å². The average Bonchev–Trinajstić information content (AvgIpc) is 2.21. The quantitative estimate of drug-likeness (QED) is 0.798. The lowest BCUT2D eigenvalue weighted by Crippen LogP contribution is -2.27. The van der Waals surface area contributed by atoms with E-state index >= 15 is 0 Å². The molecule has 0 heterocycles. The number of hydrogen-bond acceptors (Lipinski definition) is 1. The number of halogens is 3. The second-order valence-corrected chi connectivity index (χ2v) is 3.34. The highest BCUT2D eigenvalue weighted by atomic mass is 35.5. The number of rotatable bonds is 3. The highest BCUT2D eigenvalue weighted by Gasteiger charge is 2.21. The van der Waals surface area contributed by atoms with E-state index in [0.717, 1.165) is 6.07 Å². The van der Waals surface area contributed by atoms with Crippen molar-refractivity contribution in [1.82, 2.24) is 5.32 Å². The summed E-state index contributed by atoms with van der Waals surface area (Å²) in [4.78, 5) is 11.3. The zero-order chi connectivity index (χ0) is 11.4. The van der Waals surface area contributed by atoms with Gasteiger partial charge in [-0.1, -0.05) is 12.1 Å². The molecular formula is C10H10ClF2NO. The van der Waals surface area contributed by atoms with Gasteiger partial charge in [0.2, 0.25) is 5.91 Å². The molecule has 1 unspecified atom stereocenters. The van der Waals surface area contributed by atoms with E-state index in [0.29, 0.717) is 6.54 Å². The zero-order valence-corrected chi connectivity index (χ0v) is 8.81. The summed E-state index contributed by atoms with van der Waals surface area (Å²) in [6, 6.07) is 3.56. The van der Waals surface area contributed by atoms with Crippen LogP contribution in [0.15, 0.2) is 18.2 Å². The Hall–Kier alpha value is -1.16. The fourth-order valence-electron chi connectivity index (χ4n) is 1.12. The second kappa shape index (κ2) is 5.07. The molecule has 0 bridgehead atoms. The molecule has 1 aromatic rings. The summed E-state index contributed by atoms with van der Waals surface area (Å²) in [6.07, 6.45) is 0. The lowest BCUT2D eigenvalue weighted by Gasteiger charge is -2.10. The Labute approximate surface area is 91.2 Å². The van der Waals surface area contributed by atoms with Crippen LogP contribution in [0.25, 0.3) is 0 Å². The predicted octanol–water partition coefficient (Wildman–Crippen LogP) is 2.38. The third kappa shape index (κ3) is 2.65. The number of benzene rings is 1. The van der Waals surface area contributed by atoms with Gasteiger partial charge in [-0.05, 0) is 13.0 Å². The van der Waals surface area contributed by atoms with Crippen LogP contribution in [-0.2, 0) is 4.79 Å². The van der Waals surface area contributed by atoms with Crippen LogP contribution in [0.4, 0.5) is 8.78 Å². The molecule has 1 atom stereocenters. The van der Waals surface area contributed by atoms with Crippen LogP contribution in [0.3, 0.4) is 0 Å². The Kier molecular flexibility index (Phi) is 4.03. The maximum absolute atomic E-state index is 13.2. The third-order valence-electron chi connectivity index (χ3n) is 1.84. The molecule has 2 nitrogen and oxygen atoms in total. The van der Waals surface area contributed by atoms with Gasteiger partial charge >= 0.3 is 0 Å². The van der Waals surface area contributed by atoms with Crippen molar-refractivity contribution < 1.29 is 13.6 Å². The van der Waals surface area contributed by atoms with Crippen molar-refractivity contribution in [1.29, 1.82) is 0 Å². The van der Waals surface area contributed by atoms with Gasteiger partial charge in [0, 0.05) is 12.1 Å². The molecule has 82 valence electrons. The molecule has 0 fully saturated rings. The van der Waals surface area contributed by atoms with Crippen molar-refractivity contribution in [2.75, 3.05) is 6.54 Å². The molecule has 0 aromatic heterocycles. The molecule has 1 aromatic carbocycles. The minimum atomic E-state index is -1.21. The van der Waals surface area contributed by atoms with Crippen molar-refractivity contribution in [3.05, 3.63) is 35.4 Å². The topological polar surface area (TPSA) is 29.1 Å². The summed E-state index contributed by atoms with van der Waals surface area (Å²) < 4.78 is 26.0. The zero-order valence-electron chi connectivity index (χ0n) is 8.06. The molecule has 15 heavy (non-hydrogen) atoms. The Morgan fingerprint density at radius 2 is 2.20 bits per heavy atom. The first-order valence-corrected chi connectivity index (χ1v) is 4.87. The number of carbonyl (C=O) groups is 1. The highest BCUT2D eigenvalue weighted by molar-refractivity contribution is 6.30. The molecule has 1 rings (SSSR count). The SMILES string of the molecule is CCNC(=O)C(Cl)c1cccc(F)c1F. The molecule has 1 N–H and O–H groups in total. The van der Waals surface area contributed by atoms with Gasteiger partial charge in [0.05, 0.1) is 0 Å². The first-order chi connectivity index (χ1) is 7.07. The molecule has 0 aliphatic carbocycles. The second-order valence-electron chi connectivity index (χ2n) is 2.90. The number of alkyl halides is 1. The van der Waals surface area contributed by atoms with E-state index in [1.165, 1.54) is 12.1 Å². The Morgan fingerprint density at radius 3 is 2.80 bits per heavy atom. The normalized spacial score (nSPS) is 12.3. The predicted molar refractivity (Wildman–Crippen MR) is 53.6 cm³/mol. The van der Waals surface area contributed by atoms with E-state index in [1.807, 2.05) is 0 Å². The van der Waals surface area contributed by atoms with Crippen molar-refractivity contribution >= 4 is 17.5 Å². The summed E-state index contributed by atoms with van der Waals surface area (Å²) in [6.45, 7) is 2.10. The monoisotopic (exact) mass is 233 g/mol. The van der Waals surface area contributed by atoms with Gasteiger partial charge < -0.3 is 5.32 Å². The molecule has 1 amide bonds. The molecule has 0 aliphatic heterocycles. The van der Waals surface area contributed by atoms with E-state index in [9.17, 15) is 13.6 Å². The van der Waals surface area contributed by atoms with Gasteiger partial charge in [0.25, 0.3) is 0 Å². The van der Waals surface area contributed by atoms with Gasteiger partial charge in [-0.3, -0.25) is 4.79 Å². The molecule has 0 radical (unpaired) electrons. The van der Waals surface area contributed by atoms with Gasteiger partial charge in [-0.15, -0.1) is 11.6 Å². The minimum absolute atomic E-state index is 0.150.